The summed E-state index contributed by atoms with van der Waals surface area (Å²) in [7, 11) is 0. The van der Waals surface area contributed by atoms with E-state index < -0.39 is 0 Å². The molecule has 0 aliphatic carbocycles. The van der Waals surface area contributed by atoms with Gasteiger partial charge in [-0.15, -0.1) is 0 Å². The lowest BCUT2D eigenvalue weighted by Gasteiger charge is -2.00. The molecule has 1 aliphatic rings. The zero-order valence-electron chi connectivity index (χ0n) is 5.76. The van der Waals surface area contributed by atoms with Crippen LogP contribution < -0.4 is 10.6 Å². The van der Waals surface area contributed by atoms with E-state index >= 15 is 0 Å². The largest absolute Gasteiger partial charge is 0.363 e. The van der Waals surface area contributed by atoms with Gasteiger partial charge in [-0.25, -0.2) is 4.98 Å². The predicted molar refractivity (Wildman–Crippen MR) is 40.9 cm³/mol. The van der Waals surface area contributed by atoms with E-state index in [0.29, 0.717) is 6.17 Å². The lowest BCUT2D eigenvalue weighted by atomic mass is 10.4. The number of nitrogens with zero attached hydrogens (tertiary/aromatic N) is 1. The van der Waals surface area contributed by atoms with Crippen molar-refractivity contribution in [2.24, 2.45) is 0 Å². The van der Waals surface area contributed by atoms with Crippen LogP contribution in [0.2, 0.25) is 0 Å². The first kappa shape index (κ1) is 5.53. The summed E-state index contributed by atoms with van der Waals surface area (Å²) in [5.74, 6) is 0.954. The number of nitrogens with one attached hydrogen (secondary N) is 2. The smallest absolute Gasteiger partial charge is 0.150 e. The Morgan fingerprint density at radius 3 is 3.20 bits per heavy atom. The minimum absolute atomic E-state index is 0.310. The van der Waals surface area contributed by atoms with E-state index in [4.69, 9.17) is 0 Å². The van der Waals surface area contributed by atoms with Crippen LogP contribution in [0.15, 0.2) is 18.3 Å². The van der Waals surface area contributed by atoms with Crippen molar-refractivity contribution in [3.63, 3.8) is 0 Å². The maximum Gasteiger partial charge on any atom is 0.150 e. The Labute approximate surface area is 59.5 Å². The van der Waals surface area contributed by atoms with Crippen molar-refractivity contribution in [3.8, 4) is 0 Å². The lowest BCUT2D eigenvalue weighted by Crippen LogP contribution is -2.16. The molecular weight excluding hydrogens is 126 g/mol. The molecule has 2 rings (SSSR count). The molecular formula is C7H9N3. The standard InChI is InChI=1S/C7H9N3/c1-5-9-6-3-2-4-8-7(6)10-5/h2-5,9H,1H3,(H,8,10)/t5-/m1/s1. The van der Waals surface area contributed by atoms with Crippen molar-refractivity contribution in [2.75, 3.05) is 10.6 Å². The number of fused-ring (bicyclic) bond motifs is 1. The topological polar surface area (TPSA) is 37.0 Å². The van der Waals surface area contributed by atoms with Crippen molar-refractivity contribution in [1.29, 1.82) is 0 Å². The summed E-state index contributed by atoms with van der Waals surface area (Å²) in [5.41, 5.74) is 1.09. The summed E-state index contributed by atoms with van der Waals surface area (Å²) < 4.78 is 0. The molecule has 0 radical (unpaired) electrons. The molecule has 0 fully saturated rings. The monoisotopic (exact) mass is 135 g/mol. The van der Waals surface area contributed by atoms with E-state index in [1.54, 1.807) is 6.20 Å². The first-order valence-electron chi connectivity index (χ1n) is 3.34. The van der Waals surface area contributed by atoms with Crippen molar-refractivity contribution in [1.82, 2.24) is 4.98 Å². The molecule has 2 heterocycles. The molecule has 1 aliphatic heterocycles. The highest BCUT2D eigenvalue weighted by molar-refractivity contribution is 5.69. The first-order valence-corrected chi connectivity index (χ1v) is 3.34. The Morgan fingerprint density at radius 2 is 2.40 bits per heavy atom. The average Bonchev–Trinajstić information content (AvgIpc) is 2.27. The molecule has 3 nitrogen and oxygen atoms in total. The SMILES string of the molecule is C[C@@H]1Nc2cccnc2N1. The van der Waals surface area contributed by atoms with Crippen LogP contribution in [0, 0.1) is 0 Å². The van der Waals surface area contributed by atoms with Gasteiger partial charge in [0.25, 0.3) is 0 Å². The van der Waals surface area contributed by atoms with Crippen LogP contribution >= 0.6 is 0 Å². The third kappa shape index (κ3) is 0.708. The van der Waals surface area contributed by atoms with Crippen LogP contribution in [0.25, 0.3) is 0 Å². The Hall–Kier alpha value is -1.25. The highest BCUT2D eigenvalue weighted by atomic mass is 15.2. The molecule has 0 spiro atoms. The molecule has 52 valence electrons. The van der Waals surface area contributed by atoms with Gasteiger partial charge in [-0.05, 0) is 19.1 Å². The number of hydrogen-bond acceptors (Lipinski definition) is 3. The summed E-state index contributed by atoms with van der Waals surface area (Å²) in [5, 5.41) is 6.40. The lowest BCUT2D eigenvalue weighted by molar-refractivity contribution is 0.951. The normalized spacial score (nSPS) is 21.1. The summed E-state index contributed by atoms with van der Waals surface area (Å²) in [6, 6.07) is 3.93. The van der Waals surface area contributed by atoms with Gasteiger partial charge in [-0.1, -0.05) is 0 Å². The minimum atomic E-state index is 0.310. The second-order valence-electron chi connectivity index (χ2n) is 2.41. The van der Waals surface area contributed by atoms with Gasteiger partial charge in [0, 0.05) is 6.20 Å². The third-order valence-electron chi connectivity index (χ3n) is 1.53. The van der Waals surface area contributed by atoms with Crippen LogP contribution in [0.3, 0.4) is 0 Å². The Morgan fingerprint density at radius 1 is 1.50 bits per heavy atom. The summed E-state index contributed by atoms with van der Waals surface area (Å²) in [6.07, 6.45) is 2.09. The number of anilines is 2. The number of aromatic nitrogens is 1. The molecule has 0 bridgehead atoms. The van der Waals surface area contributed by atoms with Crippen molar-refractivity contribution < 1.29 is 0 Å². The molecule has 0 saturated heterocycles. The van der Waals surface area contributed by atoms with Crippen LogP contribution in [-0.2, 0) is 0 Å². The number of hydrogen-bond donors (Lipinski definition) is 2. The Balaban J connectivity index is 2.42. The van der Waals surface area contributed by atoms with E-state index in [0.717, 1.165) is 11.5 Å². The summed E-state index contributed by atoms with van der Waals surface area (Å²) in [6.45, 7) is 2.06. The Kier molecular flexibility index (Phi) is 1.03. The second-order valence-corrected chi connectivity index (χ2v) is 2.41. The zero-order valence-corrected chi connectivity index (χ0v) is 5.76. The van der Waals surface area contributed by atoms with Gasteiger partial charge in [0.05, 0.1) is 11.9 Å². The maximum atomic E-state index is 4.14. The van der Waals surface area contributed by atoms with Crippen molar-refractivity contribution >= 4 is 11.5 Å². The van der Waals surface area contributed by atoms with Crippen LogP contribution in [0.4, 0.5) is 11.5 Å². The number of rotatable bonds is 0. The van der Waals surface area contributed by atoms with Gasteiger partial charge in [0.15, 0.2) is 5.82 Å². The molecule has 0 saturated carbocycles. The van der Waals surface area contributed by atoms with Crippen molar-refractivity contribution in [2.45, 2.75) is 13.1 Å². The Bertz CT molecular complexity index is 221. The minimum Gasteiger partial charge on any atom is -0.363 e. The predicted octanol–water partition coefficient (Wildman–Crippen LogP) is 1.26. The quantitative estimate of drug-likeness (QED) is 0.562. The molecule has 1 aromatic rings. The van der Waals surface area contributed by atoms with Crippen LogP contribution in [0.5, 0.6) is 0 Å². The molecule has 0 unspecified atom stereocenters. The summed E-state index contributed by atoms with van der Waals surface area (Å²) >= 11 is 0. The molecule has 1 atom stereocenters. The second kappa shape index (κ2) is 1.87. The van der Waals surface area contributed by atoms with Gasteiger partial charge in [-0.3, -0.25) is 0 Å². The van der Waals surface area contributed by atoms with E-state index in [9.17, 15) is 0 Å². The highest BCUT2D eigenvalue weighted by Crippen LogP contribution is 2.24. The third-order valence-corrected chi connectivity index (χ3v) is 1.53. The van der Waals surface area contributed by atoms with Gasteiger partial charge in [0.2, 0.25) is 0 Å². The average molecular weight is 135 g/mol. The highest BCUT2D eigenvalue weighted by Gasteiger charge is 2.14. The maximum absolute atomic E-state index is 4.14. The molecule has 10 heavy (non-hydrogen) atoms. The van der Waals surface area contributed by atoms with E-state index in [1.165, 1.54) is 0 Å². The summed E-state index contributed by atoms with van der Waals surface area (Å²) in [4.78, 5) is 4.14. The molecule has 1 aromatic heterocycles. The van der Waals surface area contributed by atoms with Gasteiger partial charge in [0.1, 0.15) is 0 Å². The van der Waals surface area contributed by atoms with Gasteiger partial charge >= 0.3 is 0 Å². The fourth-order valence-electron chi connectivity index (χ4n) is 1.11. The van der Waals surface area contributed by atoms with Crippen LogP contribution in [-0.4, -0.2) is 11.1 Å². The molecule has 2 N–H and O–H groups in total. The van der Waals surface area contributed by atoms with E-state index in [2.05, 4.69) is 22.5 Å². The van der Waals surface area contributed by atoms with Gasteiger partial charge < -0.3 is 10.6 Å². The molecule has 0 aromatic carbocycles. The van der Waals surface area contributed by atoms with E-state index in [1.807, 2.05) is 12.1 Å². The van der Waals surface area contributed by atoms with Gasteiger partial charge in [-0.2, -0.15) is 0 Å². The zero-order chi connectivity index (χ0) is 6.97. The molecule has 0 amide bonds. The fourth-order valence-corrected chi connectivity index (χ4v) is 1.11. The van der Waals surface area contributed by atoms with Crippen LogP contribution in [0.1, 0.15) is 6.92 Å². The first-order chi connectivity index (χ1) is 4.86. The molecule has 3 heteroatoms. The fraction of sp³-hybridized carbons (Fsp3) is 0.286. The number of pyridine rings is 1. The van der Waals surface area contributed by atoms with Crippen molar-refractivity contribution in [3.05, 3.63) is 18.3 Å². The van der Waals surface area contributed by atoms with E-state index in [-0.39, 0.29) is 0 Å².